The van der Waals surface area contributed by atoms with Crippen LogP contribution >= 0.6 is 0 Å². The van der Waals surface area contributed by atoms with E-state index in [4.69, 9.17) is 4.74 Å². The number of fused-ring (bicyclic) bond motifs is 1. The maximum atomic E-state index is 5.40. The van der Waals surface area contributed by atoms with Gasteiger partial charge < -0.3 is 10.1 Å². The van der Waals surface area contributed by atoms with Gasteiger partial charge in [-0.05, 0) is 25.5 Å². The van der Waals surface area contributed by atoms with Gasteiger partial charge in [0.2, 0.25) is 0 Å². The predicted octanol–water partition coefficient (Wildman–Crippen LogP) is 4.54. The summed E-state index contributed by atoms with van der Waals surface area (Å²) in [6.07, 6.45) is 5.08. The Hall–Kier alpha value is -1.77. The first-order valence-corrected chi connectivity index (χ1v) is 7.44. The first kappa shape index (κ1) is 14.6. The Morgan fingerprint density at radius 1 is 1.20 bits per heavy atom. The molecule has 1 aromatic heterocycles. The number of hydrogen-bond acceptors (Lipinski definition) is 3. The lowest BCUT2D eigenvalue weighted by Crippen LogP contribution is -2.03. The summed E-state index contributed by atoms with van der Waals surface area (Å²) in [5.41, 5.74) is 3.10. The molecule has 0 atom stereocenters. The van der Waals surface area contributed by atoms with Crippen molar-refractivity contribution in [3.05, 3.63) is 30.0 Å². The molecule has 3 nitrogen and oxygen atoms in total. The minimum absolute atomic E-state index is 0.834. The zero-order chi connectivity index (χ0) is 14.4. The fourth-order valence-corrected chi connectivity index (χ4v) is 2.44. The molecule has 1 aromatic carbocycles. The molecular weight excluding hydrogens is 248 g/mol. The van der Waals surface area contributed by atoms with Gasteiger partial charge in [-0.2, -0.15) is 0 Å². The number of aromatic nitrogens is 1. The fraction of sp³-hybridized carbons (Fsp3) is 0.471. The molecule has 0 aliphatic heterocycles. The molecule has 1 heterocycles. The molecule has 108 valence electrons. The highest BCUT2D eigenvalue weighted by atomic mass is 16.5. The van der Waals surface area contributed by atoms with E-state index in [2.05, 4.69) is 29.4 Å². The lowest BCUT2D eigenvalue weighted by Gasteiger charge is -2.12. The highest BCUT2D eigenvalue weighted by Gasteiger charge is 2.07. The lowest BCUT2D eigenvalue weighted by molar-refractivity contribution is 0.419. The van der Waals surface area contributed by atoms with Crippen LogP contribution in [0.1, 0.15) is 38.3 Å². The first-order chi connectivity index (χ1) is 9.76. The van der Waals surface area contributed by atoms with E-state index in [1.165, 1.54) is 25.7 Å². The van der Waals surface area contributed by atoms with Crippen molar-refractivity contribution in [1.29, 1.82) is 0 Å². The second-order valence-corrected chi connectivity index (χ2v) is 5.16. The number of ether oxygens (including phenoxy) is 1. The van der Waals surface area contributed by atoms with E-state index in [0.717, 1.165) is 34.6 Å². The molecule has 1 N–H and O–H groups in total. The van der Waals surface area contributed by atoms with E-state index in [1.54, 1.807) is 7.11 Å². The number of unbranched alkanes of at least 4 members (excludes halogenated alkanes) is 3. The lowest BCUT2D eigenvalue weighted by atomic mass is 10.1. The van der Waals surface area contributed by atoms with Crippen LogP contribution in [0.2, 0.25) is 0 Å². The van der Waals surface area contributed by atoms with Gasteiger partial charge in [-0.25, -0.2) is 4.98 Å². The summed E-state index contributed by atoms with van der Waals surface area (Å²) in [5, 5.41) is 4.67. The van der Waals surface area contributed by atoms with E-state index in [1.807, 2.05) is 19.1 Å². The van der Waals surface area contributed by atoms with Crippen LogP contribution < -0.4 is 10.1 Å². The van der Waals surface area contributed by atoms with Crippen molar-refractivity contribution >= 4 is 16.6 Å². The number of pyridine rings is 1. The summed E-state index contributed by atoms with van der Waals surface area (Å²) in [6, 6.07) is 8.18. The molecule has 0 saturated carbocycles. The minimum atomic E-state index is 0.834. The quantitative estimate of drug-likeness (QED) is 0.751. The number of hydrogen-bond donors (Lipinski definition) is 1. The summed E-state index contributed by atoms with van der Waals surface area (Å²) in [5.74, 6) is 0.834. The molecule has 0 aliphatic carbocycles. The number of methoxy groups -OCH3 is 1. The summed E-state index contributed by atoms with van der Waals surface area (Å²) in [4.78, 5) is 4.60. The number of rotatable bonds is 7. The third-order valence-electron chi connectivity index (χ3n) is 3.50. The number of benzene rings is 1. The molecule has 0 spiro atoms. The van der Waals surface area contributed by atoms with Gasteiger partial charge in [0.25, 0.3) is 0 Å². The Bertz CT molecular complexity index is 566. The largest absolute Gasteiger partial charge is 0.494 e. The normalized spacial score (nSPS) is 10.8. The van der Waals surface area contributed by atoms with Gasteiger partial charge in [-0.15, -0.1) is 0 Å². The Kier molecular flexibility index (Phi) is 5.22. The number of nitrogens with one attached hydrogen (secondary N) is 1. The molecule has 3 heteroatoms. The van der Waals surface area contributed by atoms with E-state index in [0.29, 0.717) is 0 Å². The minimum Gasteiger partial charge on any atom is -0.494 e. The SMILES string of the molecule is CCCCCCNc1cc(C)nc2c(OC)cccc12. The fourth-order valence-electron chi connectivity index (χ4n) is 2.44. The van der Waals surface area contributed by atoms with Crippen LogP contribution in [-0.4, -0.2) is 18.6 Å². The van der Waals surface area contributed by atoms with E-state index >= 15 is 0 Å². The average Bonchev–Trinajstić information content (AvgIpc) is 2.46. The van der Waals surface area contributed by atoms with Gasteiger partial charge in [0.15, 0.2) is 0 Å². The smallest absolute Gasteiger partial charge is 0.145 e. The molecule has 0 amide bonds. The van der Waals surface area contributed by atoms with Crippen LogP contribution in [0.25, 0.3) is 10.9 Å². The van der Waals surface area contributed by atoms with Gasteiger partial charge in [-0.3, -0.25) is 0 Å². The number of nitrogens with zero attached hydrogens (tertiary/aromatic N) is 1. The second-order valence-electron chi connectivity index (χ2n) is 5.16. The zero-order valence-corrected chi connectivity index (χ0v) is 12.7. The van der Waals surface area contributed by atoms with Crippen LogP contribution in [-0.2, 0) is 0 Å². The van der Waals surface area contributed by atoms with Crippen LogP contribution in [0.15, 0.2) is 24.3 Å². The molecule has 0 unspecified atom stereocenters. The molecular formula is C17H24N2O. The number of aryl methyl sites for hydroxylation is 1. The molecule has 0 fully saturated rings. The second kappa shape index (κ2) is 7.13. The summed E-state index contributed by atoms with van der Waals surface area (Å²) >= 11 is 0. The molecule has 0 aliphatic rings. The molecule has 0 saturated heterocycles. The zero-order valence-electron chi connectivity index (χ0n) is 12.7. The Morgan fingerprint density at radius 3 is 2.80 bits per heavy atom. The Morgan fingerprint density at radius 2 is 2.05 bits per heavy atom. The molecule has 2 rings (SSSR count). The van der Waals surface area contributed by atoms with Gasteiger partial charge in [-0.1, -0.05) is 38.3 Å². The number of para-hydroxylation sites is 1. The van der Waals surface area contributed by atoms with Crippen molar-refractivity contribution in [2.24, 2.45) is 0 Å². The van der Waals surface area contributed by atoms with Crippen molar-refractivity contribution in [1.82, 2.24) is 4.98 Å². The molecule has 0 bridgehead atoms. The monoisotopic (exact) mass is 272 g/mol. The highest BCUT2D eigenvalue weighted by Crippen LogP contribution is 2.29. The van der Waals surface area contributed by atoms with E-state index in [-0.39, 0.29) is 0 Å². The van der Waals surface area contributed by atoms with Gasteiger partial charge >= 0.3 is 0 Å². The van der Waals surface area contributed by atoms with Gasteiger partial charge in [0.05, 0.1) is 7.11 Å². The van der Waals surface area contributed by atoms with Crippen molar-refractivity contribution in [3.63, 3.8) is 0 Å². The van der Waals surface area contributed by atoms with Gasteiger partial charge in [0.1, 0.15) is 11.3 Å². The standard InChI is InChI=1S/C17H24N2O/c1-4-5-6-7-11-18-15-12-13(2)19-17-14(15)9-8-10-16(17)20-3/h8-10,12H,4-7,11H2,1-3H3,(H,18,19). The van der Waals surface area contributed by atoms with Crippen LogP contribution in [0, 0.1) is 6.92 Å². The van der Waals surface area contributed by atoms with Crippen molar-refractivity contribution in [3.8, 4) is 5.75 Å². The summed E-state index contributed by atoms with van der Waals surface area (Å²) in [7, 11) is 1.69. The van der Waals surface area contributed by atoms with Crippen LogP contribution in [0.4, 0.5) is 5.69 Å². The topological polar surface area (TPSA) is 34.2 Å². The number of anilines is 1. The highest BCUT2D eigenvalue weighted by molar-refractivity contribution is 5.95. The first-order valence-electron chi connectivity index (χ1n) is 7.44. The third kappa shape index (κ3) is 3.41. The third-order valence-corrected chi connectivity index (χ3v) is 3.50. The summed E-state index contributed by atoms with van der Waals surface area (Å²) in [6.45, 7) is 5.27. The van der Waals surface area contributed by atoms with Crippen molar-refractivity contribution in [2.45, 2.75) is 39.5 Å². The van der Waals surface area contributed by atoms with Crippen LogP contribution in [0.5, 0.6) is 5.75 Å². The molecule has 2 aromatic rings. The molecule has 20 heavy (non-hydrogen) atoms. The van der Waals surface area contributed by atoms with Crippen molar-refractivity contribution < 1.29 is 4.74 Å². The summed E-state index contributed by atoms with van der Waals surface area (Å²) < 4.78 is 5.40. The van der Waals surface area contributed by atoms with E-state index in [9.17, 15) is 0 Å². The molecule has 0 radical (unpaired) electrons. The Balaban J connectivity index is 2.20. The van der Waals surface area contributed by atoms with Gasteiger partial charge in [0, 0.05) is 23.3 Å². The Labute approximate surface area is 121 Å². The van der Waals surface area contributed by atoms with Crippen LogP contribution in [0.3, 0.4) is 0 Å². The van der Waals surface area contributed by atoms with Crippen molar-refractivity contribution in [2.75, 3.05) is 19.0 Å². The van der Waals surface area contributed by atoms with E-state index < -0.39 is 0 Å². The maximum absolute atomic E-state index is 5.40. The average molecular weight is 272 g/mol. The predicted molar refractivity (Wildman–Crippen MR) is 85.7 cm³/mol. The maximum Gasteiger partial charge on any atom is 0.145 e.